The molecule has 0 aliphatic carbocycles. The van der Waals surface area contributed by atoms with Gasteiger partial charge in [-0.3, -0.25) is 4.79 Å². The third-order valence-electron chi connectivity index (χ3n) is 3.81. The van der Waals surface area contributed by atoms with Gasteiger partial charge in [0.1, 0.15) is 6.26 Å². The van der Waals surface area contributed by atoms with Crippen LogP contribution < -0.4 is 5.73 Å². The molecule has 0 aliphatic heterocycles. The Hall–Kier alpha value is -2.72. The van der Waals surface area contributed by atoms with Crippen molar-refractivity contribution in [2.45, 2.75) is 13.3 Å². The van der Waals surface area contributed by atoms with E-state index in [1.165, 1.54) is 5.56 Å². The molecule has 0 unspecified atom stereocenters. The van der Waals surface area contributed by atoms with Crippen molar-refractivity contribution in [3.8, 4) is 22.6 Å². The number of hydrogen-bond acceptors (Lipinski definition) is 4. The second-order valence-corrected chi connectivity index (χ2v) is 5.48. The fourth-order valence-electron chi connectivity index (χ4n) is 2.53. The number of nitrogens with zero attached hydrogens (tertiary/aromatic N) is 1. The molecule has 2 aromatic carbocycles. The van der Waals surface area contributed by atoms with Crippen molar-refractivity contribution in [3.05, 3.63) is 66.1 Å². The highest BCUT2D eigenvalue weighted by molar-refractivity contribution is 5.82. The van der Waals surface area contributed by atoms with Gasteiger partial charge in [-0.25, -0.2) is 4.98 Å². The minimum atomic E-state index is 0.0415. The molecule has 0 bridgehead atoms. The molecule has 1 heterocycles. The molecule has 0 saturated carbocycles. The fourth-order valence-corrected chi connectivity index (χ4v) is 2.53. The van der Waals surface area contributed by atoms with Crippen molar-refractivity contribution in [1.82, 2.24) is 4.98 Å². The van der Waals surface area contributed by atoms with Gasteiger partial charge < -0.3 is 10.2 Å². The largest absolute Gasteiger partial charge is 0.445 e. The van der Waals surface area contributed by atoms with Crippen LogP contribution in [0.15, 0.2) is 59.3 Å². The molecular formula is C19H18N2O2. The summed E-state index contributed by atoms with van der Waals surface area (Å²) >= 11 is 0. The summed E-state index contributed by atoms with van der Waals surface area (Å²) in [6, 6.07) is 14.1. The maximum absolute atomic E-state index is 11.4. The molecule has 0 fully saturated rings. The molecule has 3 rings (SSSR count). The summed E-state index contributed by atoms with van der Waals surface area (Å²) in [6.45, 7) is 2.15. The van der Waals surface area contributed by atoms with Crippen molar-refractivity contribution in [2.24, 2.45) is 5.73 Å². The lowest BCUT2D eigenvalue weighted by molar-refractivity contribution is -0.117. The van der Waals surface area contributed by atoms with Crippen molar-refractivity contribution in [2.75, 3.05) is 6.54 Å². The molecule has 4 nitrogen and oxygen atoms in total. The lowest BCUT2D eigenvalue weighted by Gasteiger charge is -2.09. The first-order valence-corrected chi connectivity index (χ1v) is 7.49. The molecule has 0 amide bonds. The predicted molar refractivity (Wildman–Crippen MR) is 89.9 cm³/mol. The second-order valence-electron chi connectivity index (χ2n) is 5.48. The second kappa shape index (κ2) is 6.58. The van der Waals surface area contributed by atoms with E-state index >= 15 is 0 Å². The van der Waals surface area contributed by atoms with E-state index < -0.39 is 0 Å². The van der Waals surface area contributed by atoms with Gasteiger partial charge in [0, 0.05) is 12.0 Å². The smallest absolute Gasteiger partial charge is 0.225 e. The monoisotopic (exact) mass is 306 g/mol. The number of aryl methyl sites for hydroxylation is 1. The van der Waals surface area contributed by atoms with Gasteiger partial charge in [-0.2, -0.15) is 0 Å². The lowest BCUT2D eigenvalue weighted by atomic mass is 9.96. The van der Waals surface area contributed by atoms with Gasteiger partial charge in [-0.15, -0.1) is 0 Å². The van der Waals surface area contributed by atoms with Crippen molar-refractivity contribution < 1.29 is 9.21 Å². The number of ketones is 1. The number of nitrogens with two attached hydrogens (primary N) is 1. The number of carbonyl (C=O) groups excluding carboxylic acids is 1. The highest BCUT2D eigenvalue weighted by atomic mass is 16.3. The summed E-state index contributed by atoms with van der Waals surface area (Å²) in [4.78, 5) is 15.6. The molecule has 23 heavy (non-hydrogen) atoms. The zero-order valence-corrected chi connectivity index (χ0v) is 13.0. The van der Waals surface area contributed by atoms with Gasteiger partial charge in [0.05, 0.1) is 12.7 Å². The third kappa shape index (κ3) is 3.38. The summed E-state index contributed by atoms with van der Waals surface area (Å²) < 4.78 is 5.37. The zero-order valence-electron chi connectivity index (χ0n) is 13.0. The van der Waals surface area contributed by atoms with Gasteiger partial charge >= 0.3 is 0 Å². The minimum absolute atomic E-state index is 0.0415. The Morgan fingerprint density at radius 3 is 2.52 bits per heavy atom. The molecule has 1 aromatic heterocycles. The molecule has 0 atom stereocenters. The molecule has 116 valence electrons. The number of aromatic nitrogens is 1. The highest BCUT2D eigenvalue weighted by Crippen LogP contribution is 2.29. The first kappa shape index (κ1) is 15.2. The van der Waals surface area contributed by atoms with E-state index in [0.29, 0.717) is 12.3 Å². The van der Waals surface area contributed by atoms with Gasteiger partial charge in [0.15, 0.2) is 5.78 Å². The Balaban J connectivity index is 1.92. The minimum Gasteiger partial charge on any atom is -0.445 e. The average molecular weight is 306 g/mol. The van der Waals surface area contributed by atoms with Crippen LogP contribution in [-0.4, -0.2) is 17.3 Å². The van der Waals surface area contributed by atoms with E-state index in [1.54, 1.807) is 12.5 Å². The van der Waals surface area contributed by atoms with Gasteiger partial charge in [0.25, 0.3) is 0 Å². The van der Waals surface area contributed by atoms with Crippen molar-refractivity contribution in [1.29, 1.82) is 0 Å². The topological polar surface area (TPSA) is 69.1 Å². The number of carbonyl (C=O) groups is 1. The standard InChI is InChI=1S/C19H18N2O2/c1-13-2-5-16(19-21-8-9-23-19)11-18(13)15-6-3-14(4-7-15)10-17(22)12-20/h2-9,11H,10,12,20H2,1H3. The molecule has 0 saturated heterocycles. The maximum Gasteiger partial charge on any atom is 0.225 e. The van der Waals surface area contributed by atoms with E-state index in [4.69, 9.17) is 10.2 Å². The van der Waals surface area contributed by atoms with Gasteiger partial charge in [0.2, 0.25) is 5.89 Å². The summed E-state index contributed by atoms with van der Waals surface area (Å²) in [7, 11) is 0. The zero-order chi connectivity index (χ0) is 16.2. The first-order chi connectivity index (χ1) is 11.2. The van der Waals surface area contributed by atoms with Crippen LogP contribution in [0.2, 0.25) is 0 Å². The summed E-state index contributed by atoms with van der Waals surface area (Å²) in [6.07, 6.45) is 3.59. The first-order valence-electron chi connectivity index (χ1n) is 7.49. The van der Waals surface area contributed by atoms with Crippen LogP contribution in [0, 0.1) is 6.92 Å². The lowest BCUT2D eigenvalue weighted by Crippen LogP contribution is -2.15. The quantitative estimate of drug-likeness (QED) is 0.784. The fraction of sp³-hybridized carbons (Fsp3) is 0.158. The average Bonchev–Trinajstić information content (AvgIpc) is 3.10. The number of rotatable bonds is 5. The van der Waals surface area contributed by atoms with Crippen LogP contribution in [0.4, 0.5) is 0 Å². The Labute approximate surface area is 135 Å². The molecule has 0 radical (unpaired) electrons. The maximum atomic E-state index is 11.4. The Kier molecular flexibility index (Phi) is 4.35. The van der Waals surface area contributed by atoms with Crippen LogP contribution >= 0.6 is 0 Å². The Bertz CT molecular complexity index is 806. The van der Waals surface area contributed by atoms with E-state index in [9.17, 15) is 4.79 Å². The van der Waals surface area contributed by atoms with E-state index in [0.717, 1.165) is 22.3 Å². The van der Waals surface area contributed by atoms with Crippen LogP contribution in [0.5, 0.6) is 0 Å². The number of benzene rings is 2. The number of Topliss-reactive ketones (excluding diaryl/α,β-unsaturated/α-hetero) is 1. The van der Waals surface area contributed by atoms with Gasteiger partial charge in [-0.05, 0) is 41.3 Å². The SMILES string of the molecule is Cc1ccc(-c2ncco2)cc1-c1ccc(CC(=O)CN)cc1. The van der Waals surface area contributed by atoms with Crippen LogP contribution in [0.1, 0.15) is 11.1 Å². The van der Waals surface area contributed by atoms with Crippen LogP contribution in [-0.2, 0) is 11.2 Å². The Morgan fingerprint density at radius 2 is 1.87 bits per heavy atom. The highest BCUT2D eigenvalue weighted by Gasteiger charge is 2.08. The predicted octanol–water partition coefficient (Wildman–Crippen LogP) is 3.39. The third-order valence-corrected chi connectivity index (χ3v) is 3.81. The molecule has 0 spiro atoms. The van der Waals surface area contributed by atoms with Gasteiger partial charge in [-0.1, -0.05) is 30.3 Å². The molecule has 0 aliphatic rings. The molecular weight excluding hydrogens is 288 g/mol. The van der Waals surface area contributed by atoms with E-state index in [2.05, 4.69) is 24.0 Å². The molecule has 3 aromatic rings. The molecule has 2 N–H and O–H groups in total. The number of oxazole rings is 1. The summed E-state index contributed by atoms with van der Waals surface area (Å²) in [5.74, 6) is 0.649. The summed E-state index contributed by atoms with van der Waals surface area (Å²) in [5, 5.41) is 0. The van der Waals surface area contributed by atoms with E-state index in [-0.39, 0.29) is 12.3 Å². The normalized spacial score (nSPS) is 10.7. The van der Waals surface area contributed by atoms with Crippen LogP contribution in [0.25, 0.3) is 22.6 Å². The molecule has 4 heteroatoms. The van der Waals surface area contributed by atoms with Crippen molar-refractivity contribution >= 4 is 5.78 Å². The Morgan fingerprint density at radius 1 is 1.13 bits per heavy atom. The van der Waals surface area contributed by atoms with Crippen molar-refractivity contribution in [3.63, 3.8) is 0 Å². The summed E-state index contributed by atoms with van der Waals surface area (Å²) in [5.41, 5.74) is 10.7. The number of hydrogen-bond donors (Lipinski definition) is 1. The van der Waals surface area contributed by atoms with E-state index in [1.807, 2.05) is 30.3 Å². The van der Waals surface area contributed by atoms with Crippen LogP contribution in [0.3, 0.4) is 0 Å².